The standard InChI is InChI=1S/C23H30N4OS/c1-16-8-9-20-18(14-16)22-19(15-29-20)21(24-25(22)2)23(28)27-12-10-26(11-13-27)17-6-4-3-5-7-17/h8-9,14,17H,3-7,10-13,15H2,1-2H3. The van der Waals surface area contributed by atoms with E-state index in [-0.39, 0.29) is 5.91 Å². The summed E-state index contributed by atoms with van der Waals surface area (Å²) in [5.41, 5.74) is 5.34. The van der Waals surface area contributed by atoms with E-state index in [2.05, 4.69) is 30.0 Å². The Kier molecular flexibility index (Phi) is 5.16. The molecule has 1 aromatic carbocycles. The first kappa shape index (κ1) is 19.2. The van der Waals surface area contributed by atoms with E-state index < -0.39 is 0 Å². The third kappa shape index (κ3) is 3.50. The van der Waals surface area contributed by atoms with E-state index in [1.54, 1.807) is 0 Å². The summed E-state index contributed by atoms with van der Waals surface area (Å²) in [7, 11) is 1.97. The zero-order valence-corrected chi connectivity index (χ0v) is 18.3. The quantitative estimate of drug-likeness (QED) is 0.748. The lowest BCUT2D eigenvalue weighted by Crippen LogP contribution is -2.52. The predicted molar refractivity (Wildman–Crippen MR) is 117 cm³/mol. The summed E-state index contributed by atoms with van der Waals surface area (Å²) in [5.74, 6) is 0.935. The molecule has 1 saturated heterocycles. The van der Waals surface area contributed by atoms with Crippen LogP contribution < -0.4 is 0 Å². The first-order valence-corrected chi connectivity index (χ1v) is 11.9. The van der Waals surface area contributed by atoms with Gasteiger partial charge in [0.05, 0.1) is 5.69 Å². The van der Waals surface area contributed by atoms with Gasteiger partial charge < -0.3 is 4.90 Å². The topological polar surface area (TPSA) is 41.4 Å². The second-order valence-electron chi connectivity index (χ2n) is 8.71. The van der Waals surface area contributed by atoms with Crippen LogP contribution in [0.5, 0.6) is 0 Å². The van der Waals surface area contributed by atoms with E-state index in [9.17, 15) is 4.79 Å². The van der Waals surface area contributed by atoms with E-state index in [1.165, 1.54) is 48.1 Å². The number of carbonyl (C=O) groups excluding carboxylic acids is 1. The summed E-state index contributed by atoms with van der Waals surface area (Å²) in [5, 5.41) is 4.70. The minimum atomic E-state index is 0.113. The van der Waals surface area contributed by atoms with Crippen molar-refractivity contribution < 1.29 is 4.79 Å². The van der Waals surface area contributed by atoms with Crippen LogP contribution in [0.2, 0.25) is 0 Å². The molecule has 3 heterocycles. The molecule has 0 atom stereocenters. The Morgan fingerprint density at radius 1 is 1.10 bits per heavy atom. The van der Waals surface area contributed by atoms with Crippen LogP contribution in [0.25, 0.3) is 11.3 Å². The Hall–Kier alpha value is -1.79. The van der Waals surface area contributed by atoms with Crippen LogP contribution in [0, 0.1) is 6.92 Å². The summed E-state index contributed by atoms with van der Waals surface area (Å²) in [6, 6.07) is 7.31. The minimum Gasteiger partial charge on any atom is -0.335 e. The van der Waals surface area contributed by atoms with Gasteiger partial charge in [-0.25, -0.2) is 0 Å². The van der Waals surface area contributed by atoms with Crippen molar-refractivity contribution in [3.63, 3.8) is 0 Å². The molecular weight excluding hydrogens is 380 g/mol. The second kappa shape index (κ2) is 7.80. The molecule has 0 bridgehead atoms. The van der Waals surface area contributed by atoms with Crippen LogP contribution >= 0.6 is 11.8 Å². The van der Waals surface area contributed by atoms with Crippen LogP contribution in [-0.4, -0.2) is 57.7 Å². The smallest absolute Gasteiger partial charge is 0.274 e. The van der Waals surface area contributed by atoms with Crippen molar-refractivity contribution in [1.29, 1.82) is 0 Å². The fourth-order valence-corrected chi connectivity index (χ4v) is 6.25. The van der Waals surface area contributed by atoms with E-state index in [0.717, 1.165) is 49.2 Å². The molecular formula is C23H30N4OS. The van der Waals surface area contributed by atoms with Gasteiger partial charge in [-0.1, -0.05) is 30.9 Å². The molecule has 0 spiro atoms. The minimum absolute atomic E-state index is 0.113. The highest BCUT2D eigenvalue weighted by molar-refractivity contribution is 7.98. The molecule has 1 amide bonds. The Bertz CT molecular complexity index is 923. The molecule has 3 aliphatic rings. The number of amides is 1. The van der Waals surface area contributed by atoms with Crippen LogP contribution in [0.4, 0.5) is 0 Å². The molecule has 0 N–H and O–H groups in total. The molecule has 5 rings (SSSR count). The number of carbonyl (C=O) groups is 1. The normalized spacial score (nSPS) is 20.4. The van der Waals surface area contributed by atoms with Gasteiger partial charge in [-0.15, -0.1) is 11.8 Å². The Balaban J connectivity index is 1.35. The molecule has 0 unspecified atom stereocenters. The third-order valence-corrected chi connectivity index (χ3v) is 7.90. The number of thioether (sulfide) groups is 1. The van der Waals surface area contributed by atoms with Gasteiger partial charge in [0.2, 0.25) is 0 Å². The average molecular weight is 411 g/mol. The number of benzene rings is 1. The molecule has 2 aromatic rings. The Morgan fingerprint density at radius 3 is 2.62 bits per heavy atom. The van der Waals surface area contributed by atoms with Crippen LogP contribution in [0.3, 0.4) is 0 Å². The molecule has 2 aliphatic heterocycles. The average Bonchev–Trinajstić information content (AvgIpc) is 3.11. The zero-order valence-electron chi connectivity index (χ0n) is 17.5. The number of rotatable bonds is 2. The van der Waals surface area contributed by atoms with Gasteiger partial charge in [0.1, 0.15) is 0 Å². The van der Waals surface area contributed by atoms with Gasteiger partial charge >= 0.3 is 0 Å². The number of hydrogen-bond donors (Lipinski definition) is 0. The van der Waals surface area contributed by atoms with Crippen molar-refractivity contribution in [2.45, 2.75) is 55.7 Å². The van der Waals surface area contributed by atoms with Crippen molar-refractivity contribution in [3.8, 4) is 11.3 Å². The fraction of sp³-hybridized carbons (Fsp3) is 0.565. The number of hydrogen-bond acceptors (Lipinski definition) is 4. The number of nitrogens with zero attached hydrogens (tertiary/aromatic N) is 4. The molecule has 1 aromatic heterocycles. The largest absolute Gasteiger partial charge is 0.335 e. The molecule has 29 heavy (non-hydrogen) atoms. The van der Waals surface area contributed by atoms with E-state index in [1.807, 2.05) is 28.4 Å². The van der Waals surface area contributed by atoms with E-state index in [0.29, 0.717) is 5.69 Å². The van der Waals surface area contributed by atoms with E-state index >= 15 is 0 Å². The first-order chi connectivity index (χ1) is 14.1. The summed E-state index contributed by atoms with van der Waals surface area (Å²) in [6.45, 7) is 5.77. The first-order valence-electron chi connectivity index (χ1n) is 10.9. The van der Waals surface area contributed by atoms with Gasteiger partial charge in [0.15, 0.2) is 5.69 Å². The maximum atomic E-state index is 13.4. The lowest BCUT2D eigenvalue weighted by molar-refractivity contribution is 0.0517. The summed E-state index contributed by atoms with van der Waals surface area (Å²) >= 11 is 1.82. The monoisotopic (exact) mass is 410 g/mol. The maximum absolute atomic E-state index is 13.4. The molecule has 5 nitrogen and oxygen atoms in total. The molecule has 1 saturated carbocycles. The van der Waals surface area contributed by atoms with Crippen molar-refractivity contribution in [2.24, 2.45) is 7.05 Å². The van der Waals surface area contributed by atoms with Gasteiger partial charge in [0.25, 0.3) is 5.91 Å². The van der Waals surface area contributed by atoms with Crippen LogP contribution in [0.1, 0.15) is 53.7 Å². The summed E-state index contributed by atoms with van der Waals surface area (Å²) in [6.07, 6.45) is 6.78. The van der Waals surface area contributed by atoms with Crippen LogP contribution in [-0.2, 0) is 12.8 Å². The zero-order chi connectivity index (χ0) is 20.0. The van der Waals surface area contributed by atoms with Crippen LogP contribution in [0.15, 0.2) is 23.1 Å². The highest BCUT2D eigenvalue weighted by Gasteiger charge is 2.32. The highest BCUT2D eigenvalue weighted by Crippen LogP contribution is 2.43. The van der Waals surface area contributed by atoms with Gasteiger partial charge in [-0.05, 0) is 31.9 Å². The maximum Gasteiger partial charge on any atom is 0.274 e. The molecule has 2 fully saturated rings. The summed E-state index contributed by atoms with van der Waals surface area (Å²) < 4.78 is 1.92. The number of aryl methyl sites for hydroxylation is 2. The second-order valence-corrected chi connectivity index (χ2v) is 9.72. The molecule has 0 radical (unpaired) electrons. The van der Waals surface area contributed by atoms with Crippen molar-refractivity contribution in [1.82, 2.24) is 19.6 Å². The van der Waals surface area contributed by atoms with Gasteiger partial charge in [-0.3, -0.25) is 14.4 Å². The van der Waals surface area contributed by atoms with E-state index in [4.69, 9.17) is 5.10 Å². The molecule has 154 valence electrons. The SMILES string of the molecule is Cc1ccc2c(c1)-c1c(c(C(=O)N3CCN(C4CCCCC4)CC3)nn1C)CS2. The van der Waals surface area contributed by atoms with Crippen molar-refractivity contribution >= 4 is 17.7 Å². The Labute approximate surface area is 177 Å². The molecule has 6 heteroatoms. The number of fused-ring (bicyclic) bond motifs is 3. The van der Waals surface area contributed by atoms with Gasteiger partial charge in [-0.2, -0.15) is 5.10 Å². The number of aromatic nitrogens is 2. The fourth-order valence-electron chi connectivity index (χ4n) is 5.20. The third-order valence-electron chi connectivity index (χ3n) is 6.80. The van der Waals surface area contributed by atoms with Crippen molar-refractivity contribution in [3.05, 3.63) is 35.0 Å². The lowest BCUT2D eigenvalue weighted by Gasteiger charge is -2.40. The predicted octanol–water partition coefficient (Wildman–Crippen LogP) is 4.09. The summed E-state index contributed by atoms with van der Waals surface area (Å²) in [4.78, 5) is 19.3. The Morgan fingerprint density at radius 2 is 1.86 bits per heavy atom. The lowest BCUT2D eigenvalue weighted by atomic mass is 9.94. The molecule has 1 aliphatic carbocycles. The highest BCUT2D eigenvalue weighted by atomic mass is 32.2. The van der Waals surface area contributed by atoms with Crippen molar-refractivity contribution in [2.75, 3.05) is 26.2 Å². The number of piperazine rings is 1. The van der Waals surface area contributed by atoms with Gasteiger partial charge in [0, 0.05) is 61.0 Å².